The SMILES string of the molecule is Cc1ccccc1-c1csc(=O)n1Cc1nnc(C(C)C)s1. The molecule has 0 unspecified atom stereocenters. The van der Waals surface area contributed by atoms with Gasteiger partial charge in [-0.15, -0.1) is 10.2 Å². The monoisotopic (exact) mass is 331 g/mol. The Labute approximate surface area is 137 Å². The number of benzene rings is 1. The third-order valence-corrected chi connectivity index (χ3v) is 5.45. The van der Waals surface area contributed by atoms with Gasteiger partial charge in [-0.05, 0) is 12.5 Å². The minimum atomic E-state index is 0.0413. The van der Waals surface area contributed by atoms with E-state index in [2.05, 4.69) is 37.0 Å². The lowest BCUT2D eigenvalue weighted by Gasteiger charge is -2.08. The van der Waals surface area contributed by atoms with Crippen LogP contribution in [0, 0.1) is 6.92 Å². The van der Waals surface area contributed by atoms with Crippen molar-refractivity contribution in [2.24, 2.45) is 0 Å². The Hall–Kier alpha value is -1.79. The highest BCUT2D eigenvalue weighted by molar-refractivity contribution is 7.11. The van der Waals surface area contributed by atoms with Gasteiger partial charge in [0, 0.05) is 16.9 Å². The molecule has 0 aliphatic heterocycles. The number of hydrogen-bond acceptors (Lipinski definition) is 5. The van der Waals surface area contributed by atoms with Gasteiger partial charge in [0.1, 0.15) is 10.0 Å². The minimum absolute atomic E-state index is 0.0413. The van der Waals surface area contributed by atoms with Gasteiger partial charge < -0.3 is 0 Å². The number of nitrogens with zero attached hydrogens (tertiary/aromatic N) is 3. The number of aromatic nitrogens is 3. The summed E-state index contributed by atoms with van der Waals surface area (Å²) in [5.74, 6) is 0.362. The van der Waals surface area contributed by atoms with Gasteiger partial charge in [-0.1, -0.05) is 60.8 Å². The Balaban J connectivity index is 1.99. The average molecular weight is 331 g/mol. The summed E-state index contributed by atoms with van der Waals surface area (Å²) >= 11 is 2.81. The first-order valence-corrected chi connectivity index (χ1v) is 8.82. The molecular formula is C16H17N3OS2. The first-order valence-electron chi connectivity index (χ1n) is 7.13. The lowest BCUT2D eigenvalue weighted by Crippen LogP contribution is -2.15. The second-order valence-electron chi connectivity index (χ2n) is 5.48. The Morgan fingerprint density at radius 2 is 2.00 bits per heavy atom. The topological polar surface area (TPSA) is 47.8 Å². The molecule has 0 aliphatic carbocycles. The Morgan fingerprint density at radius 3 is 2.68 bits per heavy atom. The lowest BCUT2D eigenvalue weighted by molar-refractivity contribution is 0.762. The molecule has 3 aromatic rings. The predicted octanol–water partition coefficient (Wildman–Crippen LogP) is 3.91. The number of hydrogen-bond donors (Lipinski definition) is 0. The van der Waals surface area contributed by atoms with E-state index in [4.69, 9.17) is 0 Å². The first-order chi connectivity index (χ1) is 10.6. The van der Waals surface area contributed by atoms with Crippen LogP contribution in [0.4, 0.5) is 0 Å². The highest BCUT2D eigenvalue weighted by atomic mass is 32.1. The summed E-state index contributed by atoms with van der Waals surface area (Å²) in [5, 5.41) is 12.2. The van der Waals surface area contributed by atoms with Crippen molar-refractivity contribution in [2.75, 3.05) is 0 Å². The molecule has 114 valence electrons. The van der Waals surface area contributed by atoms with E-state index in [1.165, 1.54) is 11.3 Å². The molecule has 0 aliphatic rings. The Bertz CT molecular complexity index is 845. The van der Waals surface area contributed by atoms with Crippen LogP contribution < -0.4 is 4.87 Å². The number of aryl methyl sites for hydroxylation is 1. The van der Waals surface area contributed by atoms with Gasteiger partial charge in [0.2, 0.25) is 0 Å². The van der Waals surface area contributed by atoms with Crippen LogP contribution in [0.1, 0.15) is 35.3 Å². The highest BCUT2D eigenvalue weighted by Crippen LogP contribution is 2.25. The fourth-order valence-electron chi connectivity index (χ4n) is 2.25. The van der Waals surface area contributed by atoms with Crippen molar-refractivity contribution in [2.45, 2.75) is 33.2 Å². The van der Waals surface area contributed by atoms with Crippen LogP contribution in [0.2, 0.25) is 0 Å². The van der Waals surface area contributed by atoms with E-state index >= 15 is 0 Å². The van der Waals surface area contributed by atoms with E-state index in [0.717, 1.165) is 26.8 Å². The van der Waals surface area contributed by atoms with Gasteiger partial charge in [-0.2, -0.15) is 0 Å². The molecule has 0 amide bonds. The molecular weight excluding hydrogens is 314 g/mol. The molecule has 2 heterocycles. The maximum Gasteiger partial charge on any atom is 0.307 e. The molecule has 22 heavy (non-hydrogen) atoms. The first kappa shape index (κ1) is 15.1. The van der Waals surface area contributed by atoms with Gasteiger partial charge in [-0.25, -0.2) is 0 Å². The van der Waals surface area contributed by atoms with Gasteiger partial charge >= 0.3 is 4.87 Å². The van der Waals surface area contributed by atoms with Crippen molar-refractivity contribution >= 4 is 22.7 Å². The maximum absolute atomic E-state index is 12.2. The van der Waals surface area contributed by atoms with Gasteiger partial charge in [-0.3, -0.25) is 9.36 Å². The van der Waals surface area contributed by atoms with Crippen LogP contribution in [-0.2, 0) is 6.54 Å². The summed E-state index contributed by atoms with van der Waals surface area (Å²) in [6.45, 7) is 6.74. The summed E-state index contributed by atoms with van der Waals surface area (Å²) in [6.07, 6.45) is 0. The molecule has 0 N–H and O–H groups in total. The van der Waals surface area contributed by atoms with Crippen LogP contribution in [0.25, 0.3) is 11.3 Å². The van der Waals surface area contributed by atoms with Gasteiger partial charge in [0.05, 0.1) is 12.2 Å². The fraction of sp³-hybridized carbons (Fsp3) is 0.312. The van der Waals surface area contributed by atoms with Crippen LogP contribution in [0.15, 0.2) is 34.4 Å². The van der Waals surface area contributed by atoms with Crippen molar-refractivity contribution in [3.05, 3.63) is 54.9 Å². The molecule has 4 nitrogen and oxygen atoms in total. The summed E-state index contributed by atoms with van der Waals surface area (Å²) < 4.78 is 1.79. The zero-order valence-corrected chi connectivity index (χ0v) is 14.4. The molecule has 0 spiro atoms. The zero-order chi connectivity index (χ0) is 15.7. The van der Waals surface area contributed by atoms with Gasteiger partial charge in [0.15, 0.2) is 0 Å². The van der Waals surface area contributed by atoms with Crippen molar-refractivity contribution in [3.8, 4) is 11.3 Å². The molecule has 0 radical (unpaired) electrons. The van der Waals surface area contributed by atoms with E-state index in [1.807, 2.05) is 23.6 Å². The minimum Gasteiger partial charge on any atom is -0.292 e. The Morgan fingerprint density at radius 1 is 1.23 bits per heavy atom. The largest absolute Gasteiger partial charge is 0.307 e. The molecule has 3 rings (SSSR count). The van der Waals surface area contributed by atoms with Crippen molar-refractivity contribution in [1.82, 2.24) is 14.8 Å². The van der Waals surface area contributed by atoms with E-state index in [9.17, 15) is 4.79 Å². The number of thiazole rings is 1. The van der Waals surface area contributed by atoms with Crippen molar-refractivity contribution in [3.63, 3.8) is 0 Å². The second-order valence-corrected chi connectivity index (χ2v) is 7.39. The van der Waals surface area contributed by atoms with Crippen LogP contribution in [0.3, 0.4) is 0 Å². The molecule has 6 heteroatoms. The summed E-state index contributed by atoms with van der Waals surface area (Å²) in [7, 11) is 0. The van der Waals surface area contributed by atoms with Gasteiger partial charge in [0.25, 0.3) is 0 Å². The normalized spacial score (nSPS) is 11.3. The summed E-state index contributed by atoms with van der Waals surface area (Å²) in [5.41, 5.74) is 3.21. The van der Waals surface area contributed by atoms with Crippen molar-refractivity contribution in [1.29, 1.82) is 0 Å². The van der Waals surface area contributed by atoms with Crippen LogP contribution >= 0.6 is 22.7 Å². The molecule has 0 atom stereocenters. The van der Waals surface area contributed by atoms with E-state index < -0.39 is 0 Å². The molecule has 1 aromatic carbocycles. The quantitative estimate of drug-likeness (QED) is 0.728. The van der Waals surface area contributed by atoms with Crippen LogP contribution in [0.5, 0.6) is 0 Å². The van der Waals surface area contributed by atoms with Crippen molar-refractivity contribution < 1.29 is 0 Å². The highest BCUT2D eigenvalue weighted by Gasteiger charge is 2.14. The third kappa shape index (κ3) is 2.89. The van der Waals surface area contributed by atoms with E-state index in [-0.39, 0.29) is 4.87 Å². The zero-order valence-electron chi connectivity index (χ0n) is 12.7. The lowest BCUT2D eigenvalue weighted by atomic mass is 10.1. The summed E-state index contributed by atoms with van der Waals surface area (Å²) in [6, 6.07) is 8.11. The molecule has 0 fully saturated rings. The van der Waals surface area contributed by atoms with Crippen LogP contribution in [-0.4, -0.2) is 14.8 Å². The smallest absolute Gasteiger partial charge is 0.292 e. The van der Waals surface area contributed by atoms with E-state index in [1.54, 1.807) is 15.9 Å². The predicted molar refractivity (Wildman–Crippen MR) is 91.9 cm³/mol. The molecule has 0 saturated heterocycles. The Kier molecular flexibility index (Phi) is 4.22. The summed E-state index contributed by atoms with van der Waals surface area (Å²) in [4.78, 5) is 12.2. The molecule has 0 bridgehead atoms. The fourth-order valence-corrected chi connectivity index (χ4v) is 3.84. The average Bonchev–Trinajstić information content (AvgIpc) is 3.09. The standard InChI is InChI=1S/C16H17N3OS2/c1-10(2)15-18-17-14(22-15)8-19-13(9-21-16(19)20)12-7-5-4-6-11(12)3/h4-7,9-10H,8H2,1-3H3. The number of rotatable bonds is 4. The second kappa shape index (κ2) is 6.14. The maximum atomic E-state index is 12.2. The molecule has 0 saturated carbocycles. The third-order valence-electron chi connectivity index (χ3n) is 3.47. The molecule has 2 aromatic heterocycles. The van der Waals surface area contributed by atoms with E-state index in [0.29, 0.717) is 12.5 Å².